The number of aromatic nitrogens is 3. The van der Waals surface area contributed by atoms with E-state index in [4.69, 9.17) is 5.73 Å². The maximum absolute atomic E-state index is 12.6. The van der Waals surface area contributed by atoms with Gasteiger partial charge in [0.1, 0.15) is 5.01 Å². The van der Waals surface area contributed by atoms with Crippen LogP contribution in [0.15, 0.2) is 17.8 Å². The van der Waals surface area contributed by atoms with Gasteiger partial charge in [-0.15, -0.1) is 11.3 Å². The van der Waals surface area contributed by atoms with Gasteiger partial charge in [-0.05, 0) is 6.42 Å². The van der Waals surface area contributed by atoms with Crippen LogP contribution < -0.4 is 11.1 Å². The Morgan fingerprint density at radius 3 is 2.64 bits per heavy atom. The molecule has 0 aliphatic rings. The number of hydrogen-bond donors (Lipinski definition) is 2. The van der Waals surface area contributed by atoms with Crippen LogP contribution in [0.4, 0.5) is 19.0 Å². The van der Waals surface area contributed by atoms with Crippen LogP contribution in [-0.4, -0.2) is 20.9 Å². The summed E-state index contributed by atoms with van der Waals surface area (Å²) in [7, 11) is 0. The number of rotatable bonds is 4. The Hall–Kier alpha value is -2.23. The van der Waals surface area contributed by atoms with Crippen LogP contribution in [0.25, 0.3) is 0 Å². The van der Waals surface area contributed by atoms with Crippen molar-refractivity contribution in [1.29, 1.82) is 0 Å². The molecule has 0 bridgehead atoms. The third-order valence-corrected chi connectivity index (χ3v) is 3.72. The summed E-state index contributed by atoms with van der Waals surface area (Å²) in [5.41, 5.74) is 4.49. The van der Waals surface area contributed by atoms with Gasteiger partial charge in [0, 0.05) is 17.8 Å². The van der Waals surface area contributed by atoms with Gasteiger partial charge in [0.15, 0.2) is 17.2 Å². The molecule has 0 fully saturated rings. The van der Waals surface area contributed by atoms with Crippen molar-refractivity contribution in [3.8, 4) is 0 Å². The molecule has 2 heterocycles. The van der Waals surface area contributed by atoms with E-state index in [2.05, 4.69) is 20.3 Å². The Bertz CT molecular complexity index is 673. The first-order valence-corrected chi connectivity index (χ1v) is 7.10. The zero-order chi connectivity index (χ0) is 16.3. The first-order valence-electron chi connectivity index (χ1n) is 6.23. The monoisotopic (exact) mass is 331 g/mol. The smallest absolute Gasteiger partial charge is 0.382 e. The largest absolute Gasteiger partial charge is 0.434 e. The zero-order valence-electron chi connectivity index (χ0n) is 11.4. The summed E-state index contributed by atoms with van der Waals surface area (Å²) < 4.78 is 37.7. The van der Waals surface area contributed by atoms with Crippen molar-refractivity contribution < 1.29 is 18.0 Å². The molecule has 118 valence electrons. The number of anilines is 1. The average molecular weight is 331 g/mol. The van der Waals surface area contributed by atoms with E-state index in [1.54, 1.807) is 6.92 Å². The first-order chi connectivity index (χ1) is 10.3. The highest BCUT2D eigenvalue weighted by Crippen LogP contribution is 2.32. The van der Waals surface area contributed by atoms with Crippen LogP contribution >= 0.6 is 11.3 Å². The molecule has 22 heavy (non-hydrogen) atoms. The van der Waals surface area contributed by atoms with Crippen molar-refractivity contribution in [2.24, 2.45) is 0 Å². The Labute approximate surface area is 127 Å². The highest BCUT2D eigenvalue weighted by atomic mass is 32.1. The van der Waals surface area contributed by atoms with Crippen LogP contribution in [-0.2, 0) is 6.18 Å². The standard InChI is InChI=1S/C12H12F3N5OS/c1-2-6(11-20-7(5-22-11)12(13,14)15)19-10(21)8-9(16)18-4-3-17-8/h3-6H,2H2,1H3,(H2,16,18)(H,19,21)/t6-/m1/s1. The quantitative estimate of drug-likeness (QED) is 0.897. The summed E-state index contributed by atoms with van der Waals surface area (Å²) in [5, 5.41) is 3.65. The normalized spacial score (nSPS) is 12.9. The topological polar surface area (TPSA) is 93.8 Å². The van der Waals surface area contributed by atoms with Gasteiger partial charge in [-0.1, -0.05) is 6.92 Å². The lowest BCUT2D eigenvalue weighted by Gasteiger charge is -2.14. The fourth-order valence-corrected chi connectivity index (χ4v) is 2.63. The predicted octanol–water partition coefficient (Wildman–Crippen LogP) is 2.42. The van der Waals surface area contributed by atoms with Gasteiger partial charge < -0.3 is 11.1 Å². The summed E-state index contributed by atoms with van der Waals surface area (Å²) >= 11 is 0.837. The van der Waals surface area contributed by atoms with Crippen LogP contribution in [0.3, 0.4) is 0 Å². The van der Waals surface area contributed by atoms with Gasteiger partial charge in [-0.25, -0.2) is 15.0 Å². The molecule has 2 aromatic heterocycles. The molecule has 2 rings (SSSR count). The number of carbonyl (C=O) groups is 1. The van der Waals surface area contributed by atoms with Gasteiger partial charge in [0.05, 0.1) is 6.04 Å². The van der Waals surface area contributed by atoms with E-state index < -0.39 is 23.8 Å². The molecule has 0 saturated carbocycles. The highest BCUT2D eigenvalue weighted by Gasteiger charge is 2.34. The van der Waals surface area contributed by atoms with Crippen molar-refractivity contribution in [3.05, 3.63) is 34.2 Å². The van der Waals surface area contributed by atoms with E-state index in [0.717, 1.165) is 16.7 Å². The molecule has 1 atom stereocenters. The second-order valence-corrected chi connectivity index (χ2v) is 5.18. The molecule has 1 amide bonds. The Morgan fingerprint density at radius 1 is 1.41 bits per heavy atom. The van der Waals surface area contributed by atoms with Crippen molar-refractivity contribution in [3.63, 3.8) is 0 Å². The highest BCUT2D eigenvalue weighted by molar-refractivity contribution is 7.09. The van der Waals surface area contributed by atoms with Gasteiger partial charge in [0.25, 0.3) is 5.91 Å². The van der Waals surface area contributed by atoms with E-state index >= 15 is 0 Å². The molecule has 0 radical (unpaired) electrons. The summed E-state index contributed by atoms with van der Waals surface area (Å²) in [6.45, 7) is 1.72. The molecular formula is C12H12F3N5OS. The summed E-state index contributed by atoms with van der Waals surface area (Å²) in [5.74, 6) is -0.661. The fraction of sp³-hybridized carbons (Fsp3) is 0.333. The molecule has 0 aromatic carbocycles. The summed E-state index contributed by atoms with van der Waals surface area (Å²) in [6.07, 6.45) is -1.50. The molecule has 0 spiro atoms. The van der Waals surface area contributed by atoms with Crippen LogP contribution in [0, 0.1) is 0 Å². The maximum atomic E-state index is 12.6. The number of nitrogens with zero attached hydrogens (tertiary/aromatic N) is 3. The zero-order valence-corrected chi connectivity index (χ0v) is 12.2. The van der Waals surface area contributed by atoms with Gasteiger partial charge in [-0.3, -0.25) is 4.79 Å². The Balaban J connectivity index is 2.18. The predicted molar refractivity (Wildman–Crippen MR) is 74.1 cm³/mol. The van der Waals surface area contributed by atoms with E-state index in [1.165, 1.54) is 12.4 Å². The molecule has 3 N–H and O–H groups in total. The maximum Gasteiger partial charge on any atom is 0.434 e. The number of halogens is 3. The van der Waals surface area contributed by atoms with Crippen LogP contribution in [0.2, 0.25) is 0 Å². The Morgan fingerprint density at radius 2 is 2.09 bits per heavy atom. The first kappa shape index (κ1) is 16.1. The third-order valence-electron chi connectivity index (χ3n) is 2.77. The number of nitrogen functional groups attached to an aromatic ring is 1. The lowest BCUT2D eigenvalue weighted by Crippen LogP contribution is -2.29. The number of carbonyl (C=O) groups excluding carboxylic acids is 1. The lowest BCUT2D eigenvalue weighted by molar-refractivity contribution is -0.140. The number of nitrogens with one attached hydrogen (secondary N) is 1. The SMILES string of the molecule is CC[C@@H](NC(=O)c1nccnc1N)c1nc(C(F)(F)F)cs1. The Kier molecular flexibility index (Phi) is 4.59. The minimum absolute atomic E-state index is 0.0510. The van der Waals surface area contributed by atoms with Gasteiger partial charge >= 0.3 is 6.18 Å². The number of hydrogen-bond acceptors (Lipinski definition) is 6. The molecule has 2 aromatic rings. The van der Waals surface area contributed by atoms with Crippen molar-refractivity contribution in [2.45, 2.75) is 25.6 Å². The summed E-state index contributed by atoms with van der Waals surface area (Å²) in [4.78, 5) is 23.1. The molecular weight excluding hydrogens is 319 g/mol. The fourth-order valence-electron chi connectivity index (χ4n) is 1.67. The minimum Gasteiger partial charge on any atom is -0.382 e. The van der Waals surface area contributed by atoms with Crippen molar-refractivity contribution in [1.82, 2.24) is 20.3 Å². The van der Waals surface area contributed by atoms with Crippen LogP contribution in [0.1, 0.15) is 40.6 Å². The number of nitrogens with two attached hydrogens (primary N) is 1. The lowest BCUT2D eigenvalue weighted by atomic mass is 10.2. The molecule has 6 nitrogen and oxygen atoms in total. The number of alkyl halides is 3. The van der Waals surface area contributed by atoms with Crippen molar-refractivity contribution in [2.75, 3.05) is 5.73 Å². The number of amides is 1. The second kappa shape index (κ2) is 6.26. The van der Waals surface area contributed by atoms with E-state index in [-0.39, 0.29) is 16.5 Å². The van der Waals surface area contributed by atoms with Crippen molar-refractivity contribution >= 4 is 23.1 Å². The summed E-state index contributed by atoms with van der Waals surface area (Å²) in [6, 6.07) is -0.657. The molecule has 0 aliphatic carbocycles. The number of thiazole rings is 1. The van der Waals surface area contributed by atoms with E-state index in [0.29, 0.717) is 6.42 Å². The minimum atomic E-state index is -4.51. The van der Waals surface area contributed by atoms with E-state index in [9.17, 15) is 18.0 Å². The van der Waals surface area contributed by atoms with E-state index in [1.807, 2.05) is 0 Å². The molecule has 10 heteroatoms. The molecule has 0 unspecified atom stereocenters. The van der Waals surface area contributed by atoms with Crippen LogP contribution in [0.5, 0.6) is 0 Å². The second-order valence-electron chi connectivity index (χ2n) is 4.29. The van der Waals surface area contributed by atoms with Gasteiger partial charge in [0.2, 0.25) is 0 Å². The molecule has 0 saturated heterocycles. The third kappa shape index (κ3) is 3.50. The van der Waals surface area contributed by atoms with Gasteiger partial charge in [-0.2, -0.15) is 13.2 Å². The molecule has 0 aliphatic heterocycles. The average Bonchev–Trinajstić information content (AvgIpc) is 2.94.